The second-order valence-corrected chi connectivity index (χ2v) is 9.60. The SMILES string of the molecule is O=C1C2=C(c3ccco3)N(c3ccc(C(F)(F)F)cc3[N+](=O)[O-])C(=O)C2=C(c2ccco2)N1c1ccc(C(F)(F)F)cc1[N+](=O)[O-]. The van der Waals surface area contributed by atoms with Gasteiger partial charge in [-0.1, -0.05) is 0 Å². The summed E-state index contributed by atoms with van der Waals surface area (Å²) in [6.07, 6.45) is -7.81. The zero-order chi connectivity index (χ0) is 33.3. The highest BCUT2D eigenvalue weighted by Crippen LogP contribution is 2.52. The number of nitrogens with zero attached hydrogens (tertiary/aromatic N) is 4. The molecule has 46 heavy (non-hydrogen) atoms. The lowest BCUT2D eigenvalue weighted by atomic mass is 10.1. The minimum atomic E-state index is -5.00. The summed E-state index contributed by atoms with van der Waals surface area (Å²) in [5.74, 6) is -2.99. The molecule has 234 valence electrons. The number of alkyl halides is 6. The topological polar surface area (TPSA) is 153 Å². The number of benzene rings is 2. The maximum atomic E-state index is 14.2. The summed E-state index contributed by atoms with van der Waals surface area (Å²) in [5.41, 5.74) is -8.66. The largest absolute Gasteiger partial charge is 0.463 e. The summed E-state index contributed by atoms with van der Waals surface area (Å²) in [7, 11) is 0. The molecule has 4 heterocycles. The van der Waals surface area contributed by atoms with E-state index in [1.165, 1.54) is 24.3 Å². The molecule has 0 saturated carbocycles. The van der Waals surface area contributed by atoms with Gasteiger partial charge in [-0.2, -0.15) is 26.3 Å². The Bertz CT molecular complexity index is 1880. The molecular weight excluding hydrogens is 634 g/mol. The standard InChI is InChI=1S/C28H12F6N4O8/c29-27(30,31)13-5-7-15(17(11-13)37(41)42)35-23(19-3-1-9-45-19)21-22(26(35)40)24(20-4-2-10-46-20)36(25(21)39)16-8-6-14(28(32,33)34)12-18(16)38(43)44/h1-12H. The van der Waals surface area contributed by atoms with Gasteiger partial charge in [-0.3, -0.25) is 39.6 Å². The molecular formula is C28H12F6N4O8. The lowest BCUT2D eigenvalue weighted by Crippen LogP contribution is -2.30. The number of nitro groups is 2. The first-order valence-electron chi connectivity index (χ1n) is 12.6. The minimum absolute atomic E-state index is 0.197. The first kappa shape index (κ1) is 29.9. The van der Waals surface area contributed by atoms with Gasteiger partial charge < -0.3 is 8.83 Å². The molecule has 0 saturated heterocycles. The molecule has 0 spiro atoms. The van der Waals surface area contributed by atoms with Gasteiger partial charge in [0.2, 0.25) is 0 Å². The highest BCUT2D eigenvalue weighted by molar-refractivity contribution is 6.41. The zero-order valence-corrected chi connectivity index (χ0v) is 22.3. The molecule has 2 aliphatic heterocycles. The van der Waals surface area contributed by atoms with Gasteiger partial charge in [0.1, 0.15) is 22.8 Å². The number of hydrogen-bond donors (Lipinski definition) is 0. The summed E-state index contributed by atoms with van der Waals surface area (Å²) in [5, 5.41) is 23.9. The summed E-state index contributed by atoms with van der Waals surface area (Å²) in [6, 6.07) is 7.73. The highest BCUT2D eigenvalue weighted by atomic mass is 19.4. The molecule has 6 rings (SSSR count). The Morgan fingerprint density at radius 2 is 0.978 bits per heavy atom. The van der Waals surface area contributed by atoms with Crippen LogP contribution in [0.2, 0.25) is 0 Å². The van der Waals surface area contributed by atoms with Crippen molar-refractivity contribution in [2.24, 2.45) is 0 Å². The number of anilines is 2. The Hall–Kier alpha value is -6.20. The molecule has 2 aromatic heterocycles. The average Bonchev–Trinajstić information content (AvgIpc) is 3.78. The number of furan rings is 2. The molecule has 2 amide bonds. The second kappa shape index (κ2) is 10.2. The van der Waals surface area contributed by atoms with Gasteiger partial charge in [-0.15, -0.1) is 0 Å². The number of halogens is 6. The highest BCUT2D eigenvalue weighted by Gasteiger charge is 2.53. The number of nitro benzene ring substituents is 2. The number of amides is 2. The van der Waals surface area contributed by atoms with Gasteiger partial charge in [0.15, 0.2) is 11.5 Å². The third kappa shape index (κ3) is 4.57. The third-order valence-corrected chi connectivity index (χ3v) is 6.99. The van der Waals surface area contributed by atoms with Crippen LogP contribution in [0.1, 0.15) is 22.6 Å². The molecule has 0 atom stereocenters. The van der Waals surface area contributed by atoms with Crippen LogP contribution in [0.15, 0.2) is 93.2 Å². The van der Waals surface area contributed by atoms with Crippen LogP contribution in [0.25, 0.3) is 11.4 Å². The van der Waals surface area contributed by atoms with Gasteiger partial charge in [-0.25, -0.2) is 0 Å². The lowest BCUT2D eigenvalue weighted by molar-refractivity contribution is -0.384. The lowest BCUT2D eigenvalue weighted by Gasteiger charge is -2.24. The van der Waals surface area contributed by atoms with Crippen LogP contribution in [0.4, 0.5) is 49.1 Å². The fourth-order valence-corrected chi connectivity index (χ4v) is 5.13. The van der Waals surface area contributed by atoms with Crippen LogP contribution in [-0.4, -0.2) is 21.7 Å². The molecule has 0 aliphatic carbocycles. The van der Waals surface area contributed by atoms with Gasteiger partial charge in [0, 0.05) is 12.1 Å². The molecule has 2 aliphatic rings. The van der Waals surface area contributed by atoms with Crippen molar-refractivity contribution in [3.63, 3.8) is 0 Å². The number of fused-ring (bicyclic) bond motifs is 1. The third-order valence-electron chi connectivity index (χ3n) is 6.99. The van der Waals surface area contributed by atoms with Crippen molar-refractivity contribution in [2.75, 3.05) is 9.80 Å². The predicted molar refractivity (Wildman–Crippen MR) is 142 cm³/mol. The number of hydrogen-bond acceptors (Lipinski definition) is 8. The van der Waals surface area contributed by atoms with Crippen molar-refractivity contribution in [1.82, 2.24) is 0 Å². The van der Waals surface area contributed by atoms with Crippen molar-refractivity contribution >= 4 is 46.0 Å². The van der Waals surface area contributed by atoms with E-state index in [0.717, 1.165) is 12.5 Å². The summed E-state index contributed by atoms with van der Waals surface area (Å²) in [4.78, 5) is 51.2. The first-order chi connectivity index (χ1) is 21.6. The fraction of sp³-hybridized carbons (Fsp3) is 0.0714. The van der Waals surface area contributed by atoms with Gasteiger partial charge in [0.25, 0.3) is 23.2 Å². The van der Waals surface area contributed by atoms with E-state index < -0.39 is 90.4 Å². The van der Waals surface area contributed by atoms with Crippen LogP contribution in [-0.2, 0) is 21.9 Å². The van der Waals surface area contributed by atoms with E-state index in [0.29, 0.717) is 34.1 Å². The van der Waals surface area contributed by atoms with Crippen LogP contribution < -0.4 is 9.80 Å². The predicted octanol–water partition coefficient (Wildman–Crippen LogP) is 6.94. The Morgan fingerprint density at radius 3 is 1.26 bits per heavy atom. The van der Waals surface area contributed by atoms with Crippen molar-refractivity contribution < 1.29 is 54.6 Å². The summed E-state index contributed by atoms with van der Waals surface area (Å²) < 4.78 is 91.4. The Labute approximate surface area is 250 Å². The zero-order valence-electron chi connectivity index (χ0n) is 22.3. The van der Waals surface area contributed by atoms with E-state index in [1.54, 1.807) is 0 Å². The first-order valence-corrected chi connectivity index (χ1v) is 12.6. The molecule has 0 radical (unpaired) electrons. The van der Waals surface area contributed by atoms with E-state index in [-0.39, 0.29) is 23.7 Å². The number of carbonyl (C=O) groups is 2. The van der Waals surface area contributed by atoms with Gasteiger partial charge in [0.05, 0.1) is 44.6 Å². The normalized spacial score (nSPS) is 15.3. The van der Waals surface area contributed by atoms with E-state index >= 15 is 0 Å². The summed E-state index contributed by atoms with van der Waals surface area (Å²) >= 11 is 0. The second-order valence-electron chi connectivity index (χ2n) is 9.60. The number of rotatable bonds is 6. The molecule has 4 aromatic rings. The smallest absolute Gasteiger partial charge is 0.416 e. The van der Waals surface area contributed by atoms with E-state index in [9.17, 15) is 56.2 Å². The van der Waals surface area contributed by atoms with Crippen molar-refractivity contribution in [1.29, 1.82) is 0 Å². The van der Waals surface area contributed by atoms with E-state index in [4.69, 9.17) is 8.83 Å². The quantitative estimate of drug-likeness (QED) is 0.124. The summed E-state index contributed by atoms with van der Waals surface area (Å²) in [6.45, 7) is 0. The Morgan fingerprint density at radius 1 is 0.609 bits per heavy atom. The molecule has 2 aromatic carbocycles. The van der Waals surface area contributed by atoms with E-state index in [2.05, 4.69) is 0 Å². The molecule has 0 N–H and O–H groups in total. The van der Waals surface area contributed by atoms with Crippen LogP contribution in [0.5, 0.6) is 0 Å². The number of carbonyl (C=O) groups excluding carboxylic acids is 2. The minimum Gasteiger partial charge on any atom is -0.463 e. The van der Waals surface area contributed by atoms with Crippen LogP contribution in [0, 0.1) is 20.2 Å². The van der Waals surface area contributed by atoms with Gasteiger partial charge >= 0.3 is 12.4 Å². The maximum absolute atomic E-state index is 14.2. The van der Waals surface area contributed by atoms with Crippen molar-refractivity contribution in [2.45, 2.75) is 12.4 Å². The molecule has 12 nitrogen and oxygen atoms in total. The van der Waals surface area contributed by atoms with Crippen LogP contribution in [0.3, 0.4) is 0 Å². The Balaban J connectivity index is 1.65. The monoisotopic (exact) mass is 646 g/mol. The van der Waals surface area contributed by atoms with Crippen LogP contribution >= 0.6 is 0 Å². The van der Waals surface area contributed by atoms with E-state index in [1.807, 2.05) is 0 Å². The average molecular weight is 646 g/mol. The molecule has 18 heteroatoms. The van der Waals surface area contributed by atoms with Crippen molar-refractivity contribution in [3.05, 3.63) is 127 Å². The molecule has 0 fully saturated rings. The van der Waals surface area contributed by atoms with Crippen molar-refractivity contribution in [3.8, 4) is 0 Å². The fourth-order valence-electron chi connectivity index (χ4n) is 5.13. The molecule has 0 bridgehead atoms. The maximum Gasteiger partial charge on any atom is 0.416 e. The van der Waals surface area contributed by atoms with Gasteiger partial charge in [-0.05, 0) is 48.5 Å². The Kier molecular flexibility index (Phi) is 6.61. The molecule has 0 unspecified atom stereocenters.